The zero-order valence-electron chi connectivity index (χ0n) is 21.4. The molecule has 208 valence electrons. The molecule has 6 rings (SSSR count). The number of sulfone groups is 1. The first-order chi connectivity index (χ1) is 19.4. The molecule has 2 aromatic heterocycles. The summed E-state index contributed by atoms with van der Waals surface area (Å²) < 4.78 is 42.5. The van der Waals surface area contributed by atoms with Crippen LogP contribution < -0.4 is 11.1 Å². The van der Waals surface area contributed by atoms with Gasteiger partial charge in [0.1, 0.15) is 0 Å². The highest BCUT2D eigenvalue weighted by atomic mass is 35.5. The maximum absolute atomic E-state index is 13.0. The van der Waals surface area contributed by atoms with Crippen LogP contribution in [0.4, 0.5) is 5.82 Å². The van der Waals surface area contributed by atoms with E-state index in [9.17, 15) is 8.42 Å². The van der Waals surface area contributed by atoms with Gasteiger partial charge in [0.05, 0.1) is 40.3 Å². The predicted octanol–water partition coefficient (Wildman–Crippen LogP) is 3.54. The number of rotatable bonds is 8. The van der Waals surface area contributed by atoms with Crippen molar-refractivity contribution in [3.8, 4) is 34.3 Å². The van der Waals surface area contributed by atoms with E-state index < -0.39 is 15.1 Å². The van der Waals surface area contributed by atoms with Crippen LogP contribution in [0, 0.1) is 0 Å². The summed E-state index contributed by atoms with van der Waals surface area (Å²) in [4.78, 5) is 8.88. The van der Waals surface area contributed by atoms with Gasteiger partial charge in [-0.1, -0.05) is 29.8 Å². The van der Waals surface area contributed by atoms with Crippen molar-refractivity contribution in [2.45, 2.75) is 35.6 Å². The van der Waals surface area contributed by atoms with Crippen LogP contribution in [0.5, 0.6) is 0 Å². The van der Waals surface area contributed by atoms with Gasteiger partial charge < -0.3 is 24.9 Å². The molecule has 0 spiro atoms. The van der Waals surface area contributed by atoms with Crippen LogP contribution >= 0.6 is 11.6 Å². The van der Waals surface area contributed by atoms with E-state index >= 15 is 0 Å². The summed E-state index contributed by atoms with van der Waals surface area (Å²) in [6.07, 6.45) is 2.94. The molecule has 40 heavy (non-hydrogen) atoms. The molecule has 3 N–H and O–H groups in total. The first kappa shape index (κ1) is 26.8. The highest BCUT2D eigenvalue weighted by Crippen LogP contribution is 2.33. The largest absolute Gasteiger partial charge is 0.414 e. The normalized spacial score (nSPS) is 19.3. The Morgan fingerprint density at radius 1 is 0.975 bits per heavy atom. The topological polar surface area (TPSA) is 155 Å². The second-order valence-corrected chi connectivity index (χ2v) is 12.3. The fraction of sp³-hybridized carbons (Fsp3) is 0.333. The summed E-state index contributed by atoms with van der Waals surface area (Å²) >= 11 is 6.42. The molecular weight excluding hydrogens is 556 g/mol. The van der Waals surface area contributed by atoms with Gasteiger partial charge in [-0.15, -0.1) is 10.2 Å². The Kier molecular flexibility index (Phi) is 7.51. The number of anilines is 1. The summed E-state index contributed by atoms with van der Waals surface area (Å²) in [5, 5.41) is 11.3. The second-order valence-electron chi connectivity index (χ2n) is 9.72. The summed E-state index contributed by atoms with van der Waals surface area (Å²) in [7, 11) is -3.61. The average molecular weight is 583 g/mol. The van der Waals surface area contributed by atoms with E-state index in [0.29, 0.717) is 36.2 Å². The number of hydrogen-bond donors (Lipinski definition) is 2. The minimum absolute atomic E-state index is 0.0629. The van der Waals surface area contributed by atoms with Crippen molar-refractivity contribution in [2.24, 2.45) is 0 Å². The minimum Gasteiger partial charge on any atom is -0.414 e. The minimum atomic E-state index is -3.61. The Bertz CT molecular complexity index is 1620. The number of nitrogens with two attached hydrogens (primary N) is 1. The maximum atomic E-state index is 13.0. The Balaban J connectivity index is 1.21. The summed E-state index contributed by atoms with van der Waals surface area (Å²) in [5.41, 5.74) is 9.18. The Morgan fingerprint density at radius 3 is 2.45 bits per heavy atom. The second kappa shape index (κ2) is 11.2. The van der Waals surface area contributed by atoms with Gasteiger partial charge in [0.15, 0.2) is 21.3 Å². The van der Waals surface area contributed by atoms with Gasteiger partial charge in [0.2, 0.25) is 5.89 Å². The molecule has 13 heteroatoms. The van der Waals surface area contributed by atoms with Crippen molar-refractivity contribution in [2.75, 3.05) is 32.2 Å². The van der Waals surface area contributed by atoms with E-state index in [4.69, 9.17) is 31.2 Å². The van der Waals surface area contributed by atoms with Crippen LogP contribution in [0.15, 0.2) is 58.0 Å². The van der Waals surface area contributed by atoms with Crippen molar-refractivity contribution < 1.29 is 22.3 Å². The molecule has 4 heterocycles. The lowest BCUT2D eigenvalue weighted by molar-refractivity contribution is 0.190. The SMILES string of the molecule is Nc1ncc(-c2ccc(S(=O)(=O)C3CCOC3)c(Cl)c2)nc1-c1nnc(-c2ccc(CNC3CCOC3)cc2)o1. The van der Waals surface area contributed by atoms with Crippen molar-refractivity contribution >= 4 is 27.3 Å². The molecule has 0 saturated carbocycles. The van der Waals surface area contributed by atoms with Gasteiger partial charge in [-0.05, 0) is 42.7 Å². The quantitative estimate of drug-likeness (QED) is 0.313. The Hall–Kier alpha value is -3.42. The molecule has 0 aliphatic carbocycles. The Labute approximate surface area is 236 Å². The zero-order chi connectivity index (χ0) is 27.7. The van der Waals surface area contributed by atoms with E-state index in [-0.39, 0.29) is 33.9 Å². The third-order valence-electron chi connectivity index (χ3n) is 7.01. The van der Waals surface area contributed by atoms with Gasteiger partial charge >= 0.3 is 0 Å². The molecular formula is C27H27ClN6O5S. The number of nitrogen functional groups attached to an aromatic ring is 1. The number of hydrogen-bond acceptors (Lipinski definition) is 11. The molecule has 2 saturated heterocycles. The molecule has 2 aliphatic rings. The molecule has 2 aromatic carbocycles. The van der Waals surface area contributed by atoms with Gasteiger partial charge in [-0.2, -0.15) is 0 Å². The number of nitrogens with zero attached hydrogens (tertiary/aromatic N) is 4. The lowest BCUT2D eigenvalue weighted by Crippen LogP contribution is -2.28. The number of nitrogens with one attached hydrogen (secondary N) is 1. The molecule has 0 bridgehead atoms. The third kappa shape index (κ3) is 5.45. The average Bonchev–Trinajstić information content (AvgIpc) is 3.76. The van der Waals surface area contributed by atoms with Crippen LogP contribution in [-0.4, -0.2) is 66.3 Å². The van der Waals surface area contributed by atoms with Crippen LogP contribution in [0.1, 0.15) is 18.4 Å². The molecule has 0 amide bonds. The predicted molar refractivity (Wildman–Crippen MR) is 148 cm³/mol. The van der Waals surface area contributed by atoms with Crippen molar-refractivity contribution in [1.29, 1.82) is 0 Å². The molecule has 2 atom stereocenters. The number of aromatic nitrogens is 4. The zero-order valence-corrected chi connectivity index (χ0v) is 23.0. The van der Waals surface area contributed by atoms with E-state index in [1.807, 2.05) is 24.3 Å². The third-order valence-corrected chi connectivity index (χ3v) is 9.66. The highest BCUT2D eigenvalue weighted by molar-refractivity contribution is 7.92. The lowest BCUT2D eigenvalue weighted by Gasteiger charge is -2.12. The fourth-order valence-electron chi connectivity index (χ4n) is 4.68. The summed E-state index contributed by atoms with van der Waals surface area (Å²) in [6.45, 7) is 2.87. The smallest absolute Gasteiger partial charge is 0.270 e. The molecule has 11 nitrogen and oxygen atoms in total. The van der Waals surface area contributed by atoms with Crippen LogP contribution in [0.2, 0.25) is 5.02 Å². The standard InChI is InChI=1S/C27H27ClN6O5S/c28-21-11-18(5-6-23(21)40(35,36)20-8-10-38-15-20)22-13-31-25(29)24(32-22)27-34-33-26(39-27)17-3-1-16(2-4-17)12-30-19-7-9-37-14-19/h1-6,11,13,19-20,30H,7-10,12,14-15H2,(H2,29,31). The Morgan fingerprint density at radius 2 is 1.73 bits per heavy atom. The van der Waals surface area contributed by atoms with Gasteiger partial charge in [0.25, 0.3) is 5.89 Å². The number of benzene rings is 2. The van der Waals surface area contributed by atoms with Crippen molar-refractivity contribution in [3.05, 3.63) is 59.2 Å². The molecule has 2 unspecified atom stereocenters. The molecule has 2 fully saturated rings. The van der Waals surface area contributed by atoms with Gasteiger partial charge in [0, 0.05) is 36.9 Å². The summed E-state index contributed by atoms with van der Waals surface area (Å²) in [5.74, 6) is 0.543. The lowest BCUT2D eigenvalue weighted by atomic mass is 10.1. The van der Waals surface area contributed by atoms with E-state index in [2.05, 4.69) is 25.5 Å². The highest BCUT2D eigenvalue weighted by Gasteiger charge is 2.32. The monoisotopic (exact) mass is 582 g/mol. The van der Waals surface area contributed by atoms with E-state index in [1.54, 1.807) is 12.1 Å². The van der Waals surface area contributed by atoms with Crippen LogP contribution in [0.25, 0.3) is 34.3 Å². The molecule has 4 aromatic rings. The number of ether oxygens (including phenoxy) is 2. The van der Waals surface area contributed by atoms with Gasteiger partial charge in [-0.25, -0.2) is 18.4 Å². The summed E-state index contributed by atoms with van der Waals surface area (Å²) in [6, 6.07) is 12.9. The number of halogens is 1. The fourth-order valence-corrected chi connectivity index (χ4v) is 6.81. The van der Waals surface area contributed by atoms with E-state index in [0.717, 1.165) is 37.3 Å². The maximum Gasteiger partial charge on any atom is 0.270 e. The first-order valence-electron chi connectivity index (χ1n) is 12.9. The van der Waals surface area contributed by atoms with Crippen LogP contribution in [0.3, 0.4) is 0 Å². The van der Waals surface area contributed by atoms with Crippen molar-refractivity contribution in [1.82, 2.24) is 25.5 Å². The first-order valence-corrected chi connectivity index (χ1v) is 14.8. The molecule has 0 radical (unpaired) electrons. The van der Waals surface area contributed by atoms with Gasteiger partial charge in [-0.3, -0.25) is 0 Å². The van der Waals surface area contributed by atoms with Crippen LogP contribution in [-0.2, 0) is 25.9 Å². The molecule has 2 aliphatic heterocycles. The van der Waals surface area contributed by atoms with Crippen molar-refractivity contribution in [3.63, 3.8) is 0 Å². The van der Waals surface area contributed by atoms with E-state index in [1.165, 1.54) is 12.3 Å².